The minimum atomic E-state index is -0.261. The van der Waals surface area contributed by atoms with Crippen LogP contribution in [0.3, 0.4) is 0 Å². The van der Waals surface area contributed by atoms with Gasteiger partial charge < -0.3 is 15.0 Å². The Morgan fingerprint density at radius 2 is 1.91 bits per heavy atom. The van der Waals surface area contributed by atoms with Crippen LogP contribution in [0.5, 0.6) is 5.75 Å². The average Bonchev–Trinajstić information content (AvgIpc) is 3.44. The zero-order chi connectivity index (χ0) is 23.5. The highest BCUT2D eigenvalue weighted by atomic mass is 32.2. The van der Waals surface area contributed by atoms with Crippen LogP contribution in [-0.2, 0) is 23.4 Å². The van der Waals surface area contributed by atoms with E-state index in [1.165, 1.54) is 22.2 Å². The quantitative estimate of drug-likeness (QED) is 0.376. The van der Waals surface area contributed by atoms with Gasteiger partial charge in [-0.15, -0.1) is 23.1 Å². The van der Waals surface area contributed by atoms with Crippen LogP contribution in [0.1, 0.15) is 39.9 Å². The number of carbonyl (C=O) groups is 1. The van der Waals surface area contributed by atoms with Gasteiger partial charge in [0.15, 0.2) is 0 Å². The van der Waals surface area contributed by atoms with Crippen molar-refractivity contribution in [2.24, 2.45) is 0 Å². The summed E-state index contributed by atoms with van der Waals surface area (Å²) in [7, 11) is 1.63. The van der Waals surface area contributed by atoms with Crippen LogP contribution in [0.4, 0.5) is 0 Å². The number of H-pyrrole nitrogens is 1. The molecule has 1 unspecified atom stereocenters. The number of nitrogens with zero attached hydrogens (tertiary/aromatic N) is 1. The topological polar surface area (TPSA) is 84.1 Å². The Kier molecular flexibility index (Phi) is 6.69. The number of carbonyl (C=O) groups excluding carboxylic acids is 1. The Morgan fingerprint density at radius 1 is 1.15 bits per heavy atom. The number of ether oxygens (including phenoxy) is 1. The largest absolute Gasteiger partial charge is 0.497 e. The molecule has 8 heteroatoms. The van der Waals surface area contributed by atoms with E-state index in [-0.39, 0.29) is 23.3 Å². The third-order valence-corrected chi connectivity index (χ3v) is 8.11. The van der Waals surface area contributed by atoms with E-state index in [0.717, 1.165) is 46.4 Å². The third kappa shape index (κ3) is 4.74. The van der Waals surface area contributed by atoms with Crippen LogP contribution in [0.15, 0.2) is 59.4 Å². The monoisotopic (exact) mass is 491 g/mol. The Labute approximate surface area is 205 Å². The Hall–Kier alpha value is -3.10. The summed E-state index contributed by atoms with van der Waals surface area (Å²) in [6.45, 7) is 0. The molecule has 2 heterocycles. The lowest BCUT2D eigenvalue weighted by Crippen LogP contribution is -2.30. The molecule has 1 atom stereocenters. The Balaban J connectivity index is 1.25. The van der Waals surface area contributed by atoms with E-state index in [2.05, 4.69) is 15.3 Å². The number of nitrogens with one attached hydrogen (secondary N) is 2. The maximum Gasteiger partial charge on any atom is 0.259 e. The number of aromatic amines is 1. The number of benzene rings is 2. The molecule has 0 spiro atoms. The van der Waals surface area contributed by atoms with Crippen molar-refractivity contribution < 1.29 is 9.53 Å². The smallest absolute Gasteiger partial charge is 0.259 e. The van der Waals surface area contributed by atoms with Gasteiger partial charge in [0.05, 0.1) is 30.0 Å². The summed E-state index contributed by atoms with van der Waals surface area (Å²) in [6, 6.07) is 17.3. The van der Waals surface area contributed by atoms with Gasteiger partial charge in [-0.1, -0.05) is 42.5 Å². The SMILES string of the molecule is COc1ccc(C(NC(=O)CSCc2nc3sc4c(c3c(=O)[nH]2)CCC4)c2ccccc2)cc1. The average molecular weight is 492 g/mol. The number of methoxy groups -OCH3 is 1. The number of rotatable bonds is 8. The Bertz CT molecular complexity index is 1360. The second kappa shape index (κ2) is 10.0. The number of hydrogen-bond donors (Lipinski definition) is 2. The Morgan fingerprint density at radius 3 is 2.68 bits per heavy atom. The molecule has 0 bridgehead atoms. The summed E-state index contributed by atoms with van der Waals surface area (Å²) in [4.78, 5) is 35.2. The van der Waals surface area contributed by atoms with Gasteiger partial charge in [0.1, 0.15) is 16.4 Å². The van der Waals surface area contributed by atoms with E-state index >= 15 is 0 Å². The number of amides is 1. The predicted molar refractivity (Wildman–Crippen MR) is 138 cm³/mol. The number of thioether (sulfide) groups is 1. The number of hydrogen-bond acceptors (Lipinski definition) is 6. The van der Waals surface area contributed by atoms with Crippen LogP contribution in [-0.4, -0.2) is 28.7 Å². The zero-order valence-corrected chi connectivity index (χ0v) is 20.4. The van der Waals surface area contributed by atoms with E-state index < -0.39 is 0 Å². The van der Waals surface area contributed by atoms with Crippen molar-refractivity contribution >= 4 is 39.2 Å². The lowest BCUT2D eigenvalue weighted by Gasteiger charge is -2.20. The van der Waals surface area contributed by atoms with Crippen LogP contribution in [0, 0.1) is 0 Å². The van der Waals surface area contributed by atoms with Crippen LogP contribution >= 0.6 is 23.1 Å². The van der Waals surface area contributed by atoms with Crippen molar-refractivity contribution in [3.8, 4) is 5.75 Å². The van der Waals surface area contributed by atoms with Crippen molar-refractivity contribution in [1.29, 1.82) is 0 Å². The van der Waals surface area contributed by atoms with E-state index in [1.54, 1.807) is 18.4 Å². The molecule has 1 amide bonds. The van der Waals surface area contributed by atoms with Crippen molar-refractivity contribution in [2.45, 2.75) is 31.1 Å². The first-order valence-corrected chi connectivity index (χ1v) is 13.2. The van der Waals surface area contributed by atoms with Gasteiger partial charge >= 0.3 is 0 Å². The molecule has 174 valence electrons. The highest BCUT2D eigenvalue weighted by Crippen LogP contribution is 2.34. The number of aryl methyl sites for hydroxylation is 2. The van der Waals surface area contributed by atoms with Crippen molar-refractivity contribution in [3.63, 3.8) is 0 Å². The minimum Gasteiger partial charge on any atom is -0.497 e. The molecule has 1 aliphatic carbocycles. The van der Waals surface area contributed by atoms with Crippen LogP contribution in [0.2, 0.25) is 0 Å². The fourth-order valence-corrected chi connectivity index (χ4v) is 6.34. The first-order chi connectivity index (χ1) is 16.6. The molecule has 34 heavy (non-hydrogen) atoms. The van der Waals surface area contributed by atoms with Gasteiger partial charge in [-0.2, -0.15) is 0 Å². The molecule has 1 aliphatic rings. The maximum atomic E-state index is 12.8. The molecule has 0 aliphatic heterocycles. The number of fused-ring (bicyclic) bond motifs is 3. The van der Waals surface area contributed by atoms with Crippen molar-refractivity contribution in [1.82, 2.24) is 15.3 Å². The van der Waals surface area contributed by atoms with Crippen molar-refractivity contribution in [2.75, 3.05) is 12.9 Å². The fraction of sp³-hybridized carbons (Fsp3) is 0.269. The van der Waals surface area contributed by atoms with Crippen LogP contribution < -0.4 is 15.6 Å². The number of thiophene rings is 1. The molecular weight excluding hydrogens is 466 g/mol. The zero-order valence-electron chi connectivity index (χ0n) is 18.8. The normalized spacial score (nSPS) is 13.6. The maximum absolute atomic E-state index is 12.8. The van der Waals surface area contributed by atoms with Gasteiger partial charge in [-0.05, 0) is 48.1 Å². The van der Waals surface area contributed by atoms with E-state index in [1.807, 2.05) is 54.6 Å². The molecule has 2 N–H and O–H groups in total. The summed E-state index contributed by atoms with van der Waals surface area (Å²) < 4.78 is 5.26. The summed E-state index contributed by atoms with van der Waals surface area (Å²) in [5.74, 6) is 2.05. The van der Waals surface area contributed by atoms with Gasteiger partial charge in [0, 0.05) is 4.88 Å². The molecule has 6 nitrogen and oxygen atoms in total. The molecule has 0 fully saturated rings. The first-order valence-electron chi connectivity index (χ1n) is 11.2. The van der Waals surface area contributed by atoms with Crippen molar-refractivity contribution in [3.05, 3.63) is 92.3 Å². The third-order valence-electron chi connectivity index (χ3n) is 5.98. The van der Waals surface area contributed by atoms with Gasteiger partial charge in [0.25, 0.3) is 5.56 Å². The van der Waals surface area contributed by atoms with E-state index in [4.69, 9.17) is 4.74 Å². The molecule has 0 radical (unpaired) electrons. The molecule has 2 aromatic carbocycles. The molecule has 0 saturated heterocycles. The molecule has 2 aromatic heterocycles. The lowest BCUT2D eigenvalue weighted by atomic mass is 9.98. The summed E-state index contributed by atoms with van der Waals surface area (Å²) in [5.41, 5.74) is 3.10. The molecular formula is C26H25N3O3S2. The second-order valence-electron chi connectivity index (χ2n) is 8.23. The van der Waals surface area contributed by atoms with E-state index in [0.29, 0.717) is 11.6 Å². The summed E-state index contributed by atoms with van der Waals surface area (Å²) in [6.07, 6.45) is 3.12. The first kappa shape index (κ1) is 22.7. The second-order valence-corrected chi connectivity index (χ2v) is 10.3. The van der Waals surface area contributed by atoms with Crippen LogP contribution in [0.25, 0.3) is 10.2 Å². The molecule has 4 aromatic rings. The van der Waals surface area contributed by atoms with Gasteiger partial charge in [0.2, 0.25) is 5.91 Å². The predicted octanol–water partition coefficient (Wildman–Crippen LogP) is 4.62. The highest BCUT2D eigenvalue weighted by Gasteiger charge is 2.21. The lowest BCUT2D eigenvalue weighted by molar-refractivity contribution is -0.119. The van der Waals surface area contributed by atoms with Gasteiger partial charge in [-0.3, -0.25) is 9.59 Å². The molecule has 5 rings (SSSR count). The summed E-state index contributed by atoms with van der Waals surface area (Å²) >= 11 is 3.07. The summed E-state index contributed by atoms with van der Waals surface area (Å²) in [5, 5.41) is 3.91. The molecule has 0 saturated carbocycles. The minimum absolute atomic E-state index is 0.0619. The fourth-order valence-electron chi connectivity index (χ4n) is 4.36. The van der Waals surface area contributed by atoms with Gasteiger partial charge in [-0.25, -0.2) is 4.98 Å². The number of aromatic nitrogens is 2. The highest BCUT2D eigenvalue weighted by molar-refractivity contribution is 7.99. The van der Waals surface area contributed by atoms with E-state index in [9.17, 15) is 9.59 Å². The standard InChI is InChI=1S/C26H25N3O3S2/c1-32-18-12-10-17(11-13-18)24(16-6-3-2-4-7-16)29-22(30)15-33-14-21-27-25(31)23-19-8-5-9-20(19)34-26(23)28-21/h2-4,6-7,10-13,24H,5,8-9,14-15H2,1H3,(H,29,30)(H,27,28,31).